The summed E-state index contributed by atoms with van der Waals surface area (Å²) in [6, 6.07) is 3.43. The predicted octanol–water partition coefficient (Wildman–Crippen LogP) is 2.50. The molecule has 1 aromatic rings. The van der Waals surface area contributed by atoms with E-state index >= 15 is 0 Å². The molecular weight excluding hydrogens is 220 g/mol. The molecule has 1 saturated heterocycles. The summed E-state index contributed by atoms with van der Waals surface area (Å²) < 4.78 is 10.6. The van der Waals surface area contributed by atoms with E-state index in [2.05, 4.69) is 0 Å². The molecule has 4 nitrogen and oxygen atoms in total. The van der Waals surface area contributed by atoms with Crippen LogP contribution in [0.1, 0.15) is 39.6 Å². The van der Waals surface area contributed by atoms with Gasteiger partial charge in [0.1, 0.15) is 11.2 Å². The Morgan fingerprint density at radius 3 is 2.35 bits per heavy atom. The average Bonchev–Trinajstić information content (AvgIpc) is 2.75. The van der Waals surface area contributed by atoms with Gasteiger partial charge in [0.05, 0.1) is 11.7 Å². The summed E-state index contributed by atoms with van der Waals surface area (Å²) in [6.45, 7) is 6.74. The smallest absolute Gasteiger partial charge is 0.319 e. The Bertz CT molecular complexity index is 454. The van der Waals surface area contributed by atoms with Crippen LogP contribution in [0.25, 0.3) is 0 Å². The molecule has 92 valence electrons. The van der Waals surface area contributed by atoms with Crippen LogP contribution < -0.4 is 0 Å². The first-order chi connectivity index (χ1) is 7.78. The third kappa shape index (κ3) is 1.59. The van der Waals surface area contributed by atoms with Crippen molar-refractivity contribution in [3.05, 3.63) is 24.2 Å². The summed E-state index contributed by atoms with van der Waals surface area (Å²) in [6.07, 6.45) is 0.856. The third-order valence-electron chi connectivity index (χ3n) is 3.35. The second-order valence-electron chi connectivity index (χ2n) is 5.48. The average molecular weight is 236 g/mol. The molecule has 0 bridgehead atoms. The van der Waals surface area contributed by atoms with E-state index < -0.39 is 22.9 Å². The Kier molecular flexibility index (Phi) is 2.42. The van der Waals surface area contributed by atoms with Gasteiger partial charge in [-0.25, -0.2) is 0 Å². The van der Waals surface area contributed by atoms with Crippen LogP contribution in [-0.4, -0.2) is 11.8 Å². The molecule has 0 spiro atoms. The Morgan fingerprint density at radius 2 is 1.82 bits per heavy atom. The molecule has 1 aliphatic rings. The molecule has 0 aromatic carbocycles. The minimum absolute atomic E-state index is 0.123. The Balaban J connectivity index is 2.45. The lowest BCUT2D eigenvalue weighted by Gasteiger charge is -2.42. The first kappa shape index (κ1) is 11.9. The summed E-state index contributed by atoms with van der Waals surface area (Å²) in [4.78, 5) is 24.2. The first-order valence-corrected chi connectivity index (χ1v) is 5.57. The van der Waals surface area contributed by atoms with Crippen molar-refractivity contribution in [3.8, 4) is 0 Å². The highest BCUT2D eigenvalue weighted by Gasteiger charge is 2.56. The van der Waals surface area contributed by atoms with E-state index in [1.54, 1.807) is 39.8 Å². The highest BCUT2D eigenvalue weighted by Crippen LogP contribution is 2.47. The van der Waals surface area contributed by atoms with Gasteiger partial charge < -0.3 is 9.15 Å². The topological polar surface area (TPSA) is 56.5 Å². The van der Waals surface area contributed by atoms with E-state index in [4.69, 9.17) is 9.15 Å². The van der Waals surface area contributed by atoms with E-state index in [1.165, 1.54) is 6.26 Å². The molecule has 0 amide bonds. The quantitative estimate of drug-likeness (QED) is 0.555. The van der Waals surface area contributed by atoms with Gasteiger partial charge >= 0.3 is 5.97 Å². The van der Waals surface area contributed by atoms with Crippen LogP contribution in [-0.2, 0) is 14.3 Å². The largest absolute Gasteiger partial charge is 0.465 e. The summed E-state index contributed by atoms with van der Waals surface area (Å²) in [5.74, 6) is -0.113. The molecule has 2 rings (SSSR count). The molecule has 0 saturated carbocycles. The Morgan fingerprint density at radius 1 is 1.18 bits per heavy atom. The SMILES string of the molecule is CC1(C)C(=O)O[C@H](c2ccco2)C(C)(C)C1=O. The maximum absolute atomic E-state index is 12.3. The molecule has 0 aliphatic carbocycles. The lowest BCUT2D eigenvalue weighted by atomic mass is 9.68. The zero-order valence-electron chi connectivity index (χ0n) is 10.4. The van der Waals surface area contributed by atoms with Crippen molar-refractivity contribution in [1.82, 2.24) is 0 Å². The molecule has 1 aliphatic heterocycles. The molecule has 17 heavy (non-hydrogen) atoms. The van der Waals surface area contributed by atoms with Gasteiger partial charge in [0.25, 0.3) is 0 Å². The zero-order valence-corrected chi connectivity index (χ0v) is 10.4. The molecule has 1 fully saturated rings. The number of ether oxygens (including phenoxy) is 1. The van der Waals surface area contributed by atoms with Gasteiger partial charge in [-0.1, -0.05) is 0 Å². The number of carbonyl (C=O) groups excluding carboxylic acids is 2. The fourth-order valence-corrected chi connectivity index (χ4v) is 2.27. The van der Waals surface area contributed by atoms with Crippen molar-refractivity contribution in [3.63, 3.8) is 0 Å². The summed E-state index contributed by atoms with van der Waals surface area (Å²) >= 11 is 0. The van der Waals surface area contributed by atoms with Crippen molar-refractivity contribution in [2.45, 2.75) is 33.8 Å². The second-order valence-corrected chi connectivity index (χ2v) is 5.48. The van der Waals surface area contributed by atoms with E-state index in [0.717, 1.165) is 0 Å². The number of esters is 1. The molecule has 4 heteroatoms. The van der Waals surface area contributed by atoms with Gasteiger partial charge in [-0.3, -0.25) is 9.59 Å². The van der Waals surface area contributed by atoms with Crippen LogP contribution in [0.4, 0.5) is 0 Å². The van der Waals surface area contributed by atoms with Crippen LogP contribution >= 0.6 is 0 Å². The summed E-state index contributed by atoms with van der Waals surface area (Å²) in [7, 11) is 0. The van der Waals surface area contributed by atoms with Crippen LogP contribution in [0.2, 0.25) is 0 Å². The number of cyclic esters (lactones) is 1. The van der Waals surface area contributed by atoms with Crippen LogP contribution in [0.5, 0.6) is 0 Å². The lowest BCUT2D eigenvalue weighted by molar-refractivity contribution is -0.188. The Labute approximate surface area is 99.9 Å². The van der Waals surface area contributed by atoms with E-state index in [1.807, 2.05) is 0 Å². The third-order valence-corrected chi connectivity index (χ3v) is 3.35. The van der Waals surface area contributed by atoms with Gasteiger partial charge in [-0.2, -0.15) is 0 Å². The zero-order chi connectivity index (χ0) is 12.8. The van der Waals surface area contributed by atoms with E-state index in [-0.39, 0.29) is 5.78 Å². The highest BCUT2D eigenvalue weighted by atomic mass is 16.6. The number of carbonyl (C=O) groups is 2. The molecule has 1 aromatic heterocycles. The van der Waals surface area contributed by atoms with Crippen molar-refractivity contribution in [2.75, 3.05) is 0 Å². The van der Waals surface area contributed by atoms with E-state index in [9.17, 15) is 9.59 Å². The molecular formula is C13H16O4. The number of hydrogen-bond acceptors (Lipinski definition) is 4. The number of furan rings is 1. The van der Waals surface area contributed by atoms with Crippen LogP contribution in [0.15, 0.2) is 22.8 Å². The molecule has 0 N–H and O–H groups in total. The van der Waals surface area contributed by atoms with Crippen LogP contribution in [0, 0.1) is 10.8 Å². The van der Waals surface area contributed by atoms with Gasteiger partial charge in [0, 0.05) is 0 Å². The number of hydrogen-bond donors (Lipinski definition) is 0. The fourth-order valence-electron chi connectivity index (χ4n) is 2.27. The molecule has 1 atom stereocenters. The minimum Gasteiger partial charge on any atom is -0.465 e. The predicted molar refractivity (Wildman–Crippen MR) is 60.1 cm³/mol. The van der Waals surface area contributed by atoms with Gasteiger partial charge in [-0.05, 0) is 39.8 Å². The van der Waals surface area contributed by atoms with Gasteiger partial charge in [0.2, 0.25) is 0 Å². The Hall–Kier alpha value is -1.58. The van der Waals surface area contributed by atoms with Crippen molar-refractivity contribution < 1.29 is 18.7 Å². The van der Waals surface area contributed by atoms with Crippen molar-refractivity contribution >= 4 is 11.8 Å². The van der Waals surface area contributed by atoms with Gasteiger partial charge in [-0.15, -0.1) is 0 Å². The molecule has 0 radical (unpaired) electrons. The van der Waals surface area contributed by atoms with Crippen molar-refractivity contribution in [1.29, 1.82) is 0 Å². The lowest BCUT2D eigenvalue weighted by Crippen LogP contribution is -2.52. The monoisotopic (exact) mass is 236 g/mol. The minimum atomic E-state index is -1.09. The first-order valence-electron chi connectivity index (χ1n) is 5.57. The second kappa shape index (κ2) is 3.45. The number of ketones is 1. The fraction of sp³-hybridized carbons (Fsp3) is 0.538. The number of rotatable bonds is 1. The van der Waals surface area contributed by atoms with E-state index in [0.29, 0.717) is 5.76 Å². The maximum atomic E-state index is 12.3. The molecule has 2 heterocycles. The summed E-state index contributed by atoms with van der Waals surface area (Å²) in [5, 5.41) is 0. The molecule has 0 unspecified atom stereocenters. The highest BCUT2D eigenvalue weighted by molar-refractivity contribution is 6.07. The standard InChI is InChI=1S/C13H16O4/c1-12(2)9(8-6-5-7-16-8)17-11(15)13(3,4)10(12)14/h5-7,9H,1-4H3/t9-/m1/s1. The van der Waals surface area contributed by atoms with Crippen molar-refractivity contribution in [2.24, 2.45) is 10.8 Å². The summed E-state index contributed by atoms with van der Waals surface area (Å²) in [5.41, 5.74) is -1.87. The number of Topliss-reactive ketones (excluding diaryl/α,β-unsaturated/α-hetero) is 1. The van der Waals surface area contributed by atoms with Gasteiger partial charge in [0.15, 0.2) is 11.9 Å². The maximum Gasteiger partial charge on any atom is 0.319 e. The normalized spacial score (nSPS) is 26.7. The van der Waals surface area contributed by atoms with Crippen LogP contribution in [0.3, 0.4) is 0 Å².